The third-order valence-corrected chi connectivity index (χ3v) is 17.6. The number of carbonyl (C=O) groups excluding carboxylic acids is 1. The van der Waals surface area contributed by atoms with Gasteiger partial charge in [-0.15, -0.1) is 0 Å². The molecule has 2 aromatic rings. The number of hydrogen-bond acceptors (Lipinski definition) is 4. The molecule has 0 saturated carbocycles. The van der Waals surface area contributed by atoms with Crippen molar-refractivity contribution in [1.82, 2.24) is 0 Å². The fourth-order valence-electron chi connectivity index (χ4n) is 5.43. The Morgan fingerprint density at radius 1 is 0.833 bits per heavy atom. The summed E-state index contributed by atoms with van der Waals surface area (Å²) < 4.78 is 19.3. The fraction of sp³-hybridized carbons (Fsp3) is 0.567. The third kappa shape index (κ3) is 6.57. The van der Waals surface area contributed by atoms with Gasteiger partial charge in [0.05, 0.1) is 19.1 Å². The molecule has 2 aromatic carbocycles. The van der Waals surface area contributed by atoms with E-state index >= 15 is 0 Å². The Kier molecular flexibility index (Phi) is 11.2. The van der Waals surface area contributed by atoms with E-state index in [1.807, 2.05) is 6.92 Å². The van der Waals surface area contributed by atoms with Gasteiger partial charge in [0.15, 0.2) is 8.32 Å². The molecule has 6 heteroatoms. The van der Waals surface area contributed by atoms with Crippen molar-refractivity contribution in [1.29, 1.82) is 0 Å². The number of ether oxygens (including phenoxy) is 1. The van der Waals surface area contributed by atoms with Crippen molar-refractivity contribution in [3.63, 3.8) is 0 Å². The van der Waals surface area contributed by atoms with Gasteiger partial charge in [0.25, 0.3) is 8.32 Å². The Labute approximate surface area is 222 Å². The van der Waals surface area contributed by atoms with E-state index in [1.54, 1.807) is 0 Å². The molecule has 0 N–H and O–H groups in total. The van der Waals surface area contributed by atoms with Gasteiger partial charge in [0.2, 0.25) is 0 Å². The molecule has 3 atom stereocenters. The predicted octanol–water partition coefficient (Wildman–Crippen LogP) is 6.40. The first kappa shape index (κ1) is 30.5. The van der Waals surface area contributed by atoms with Gasteiger partial charge in [0.1, 0.15) is 0 Å². The normalized spacial score (nSPS) is 15.2. The van der Waals surface area contributed by atoms with E-state index in [-0.39, 0.29) is 28.9 Å². The lowest BCUT2D eigenvalue weighted by molar-refractivity contribution is -0.149. The highest BCUT2D eigenvalue weighted by Crippen LogP contribution is 2.38. The maximum Gasteiger partial charge on any atom is 0.310 e. The van der Waals surface area contributed by atoms with Crippen molar-refractivity contribution in [2.45, 2.75) is 84.7 Å². The van der Waals surface area contributed by atoms with Crippen LogP contribution in [0.1, 0.15) is 55.4 Å². The molecule has 0 amide bonds. The van der Waals surface area contributed by atoms with Crippen LogP contribution in [0.2, 0.25) is 23.2 Å². The number of carbonyl (C=O) groups is 1. The Hall–Kier alpha value is -1.74. The van der Waals surface area contributed by atoms with Crippen molar-refractivity contribution >= 4 is 33.0 Å². The van der Waals surface area contributed by atoms with Crippen molar-refractivity contribution in [3.8, 4) is 0 Å². The highest BCUT2D eigenvalue weighted by Gasteiger charge is 2.51. The average Bonchev–Trinajstić information content (AvgIpc) is 2.89. The maximum atomic E-state index is 12.7. The van der Waals surface area contributed by atoms with E-state index in [4.69, 9.17) is 13.6 Å². The van der Waals surface area contributed by atoms with Crippen LogP contribution < -0.4 is 10.4 Å². The van der Waals surface area contributed by atoms with E-state index in [0.717, 1.165) is 18.1 Å². The second-order valence-corrected chi connectivity index (χ2v) is 20.1. The van der Waals surface area contributed by atoms with Gasteiger partial charge in [0, 0.05) is 12.5 Å². The van der Waals surface area contributed by atoms with Gasteiger partial charge in [-0.3, -0.25) is 4.79 Å². The molecule has 0 aliphatic heterocycles. The molecule has 0 bridgehead atoms. The lowest BCUT2D eigenvalue weighted by Crippen LogP contribution is -2.67. The summed E-state index contributed by atoms with van der Waals surface area (Å²) in [5.41, 5.74) is 0. The number of esters is 1. The lowest BCUT2D eigenvalue weighted by Gasteiger charge is -2.45. The first-order valence-corrected chi connectivity index (χ1v) is 18.0. The van der Waals surface area contributed by atoms with Gasteiger partial charge >= 0.3 is 5.97 Å². The van der Waals surface area contributed by atoms with Crippen LogP contribution in [-0.2, 0) is 18.4 Å². The molecule has 36 heavy (non-hydrogen) atoms. The number of methoxy groups -OCH3 is 1. The van der Waals surface area contributed by atoms with Gasteiger partial charge in [-0.05, 0) is 40.5 Å². The van der Waals surface area contributed by atoms with Gasteiger partial charge in [-0.1, -0.05) is 109 Å². The lowest BCUT2D eigenvalue weighted by atomic mass is 9.94. The molecule has 2 rings (SSSR count). The summed E-state index contributed by atoms with van der Waals surface area (Å²) in [5, 5.41) is 2.41. The molecule has 0 fully saturated rings. The van der Waals surface area contributed by atoms with Crippen LogP contribution in [0, 0.1) is 11.8 Å². The summed E-state index contributed by atoms with van der Waals surface area (Å²) in [6.45, 7) is 18.2. The fourth-order valence-corrected chi connectivity index (χ4v) is 13.1. The van der Waals surface area contributed by atoms with Crippen LogP contribution in [0.4, 0.5) is 0 Å². The van der Waals surface area contributed by atoms with E-state index in [0.29, 0.717) is 6.61 Å². The zero-order valence-electron chi connectivity index (χ0n) is 24.0. The number of hydrogen-bond donors (Lipinski definition) is 0. The van der Waals surface area contributed by atoms with E-state index < -0.39 is 16.6 Å². The van der Waals surface area contributed by atoms with E-state index in [2.05, 4.69) is 109 Å². The first-order valence-electron chi connectivity index (χ1n) is 13.5. The summed E-state index contributed by atoms with van der Waals surface area (Å²) in [6.07, 6.45) is -0.248. The molecule has 0 aromatic heterocycles. The summed E-state index contributed by atoms with van der Waals surface area (Å²) >= 11 is 0. The Morgan fingerprint density at radius 2 is 1.28 bits per heavy atom. The van der Waals surface area contributed by atoms with Crippen LogP contribution in [0.25, 0.3) is 0 Å². The summed E-state index contributed by atoms with van der Waals surface area (Å²) in [4.78, 5) is 12.7. The van der Waals surface area contributed by atoms with Crippen molar-refractivity contribution in [2.75, 3.05) is 13.7 Å². The van der Waals surface area contributed by atoms with Crippen LogP contribution in [0.5, 0.6) is 0 Å². The molecule has 0 spiro atoms. The summed E-state index contributed by atoms with van der Waals surface area (Å²) in [6, 6.07) is 24.5. The quantitative estimate of drug-likeness (QED) is 0.223. The monoisotopic (exact) mass is 528 g/mol. The maximum absolute atomic E-state index is 12.7. The predicted molar refractivity (Wildman–Crippen MR) is 156 cm³/mol. The zero-order chi connectivity index (χ0) is 27.0. The van der Waals surface area contributed by atoms with Crippen LogP contribution >= 0.6 is 0 Å². The molecule has 0 unspecified atom stereocenters. The molecular formula is C30H48O4Si2. The Morgan fingerprint density at radius 3 is 1.64 bits per heavy atom. The van der Waals surface area contributed by atoms with Gasteiger partial charge in [-0.2, -0.15) is 0 Å². The first-order chi connectivity index (χ1) is 17.0. The number of benzene rings is 2. The molecule has 0 radical (unpaired) electrons. The molecule has 4 nitrogen and oxygen atoms in total. The van der Waals surface area contributed by atoms with E-state index in [1.165, 1.54) is 17.5 Å². The molecule has 0 aliphatic carbocycles. The highest BCUT2D eigenvalue weighted by molar-refractivity contribution is 6.99. The third-order valence-electron chi connectivity index (χ3n) is 7.93. The van der Waals surface area contributed by atoms with Crippen LogP contribution in [0.3, 0.4) is 0 Å². The average molecular weight is 529 g/mol. The van der Waals surface area contributed by atoms with Gasteiger partial charge < -0.3 is 13.6 Å². The molecule has 0 saturated heterocycles. The van der Waals surface area contributed by atoms with Crippen LogP contribution in [0.15, 0.2) is 60.7 Å². The summed E-state index contributed by atoms with van der Waals surface area (Å²) in [5.74, 6) is -0.551. The molecule has 0 heterocycles. The topological polar surface area (TPSA) is 44.8 Å². The largest absolute Gasteiger partial charge is 0.469 e. The van der Waals surface area contributed by atoms with Crippen molar-refractivity contribution in [3.05, 3.63) is 60.7 Å². The minimum atomic E-state index is -2.67. The standard InChI is InChI=1S/C30H48O4Si2/c1-10-35(11-2,12-3)34-28(25(5)29(31)32-9)24(4)23-33-36(30(6,7)8,26-19-15-13-16-20-26)27-21-17-14-18-22-27/h13-22,24-25,28H,10-12,23H2,1-9H3/t24-,25-,28+/m0/s1. The minimum Gasteiger partial charge on any atom is -0.469 e. The zero-order valence-corrected chi connectivity index (χ0v) is 26.0. The molecule has 0 aliphatic rings. The smallest absolute Gasteiger partial charge is 0.310 e. The van der Waals surface area contributed by atoms with E-state index in [9.17, 15) is 4.79 Å². The Bertz CT molecular complexity index is 875. The second-order valence-electron chi connectivity index (χ2n) is 11.1. The van der Waals surface area contributed by atoms with Crippen LogP contribution in [-0.4, -0.2) is 42.4 Å². The van der Waals surface area contributed by atoms with Gasteiger partial charge in [-0.25, -0.2) is 0 Å². The highest BCUT2D eigenvalue weighted by atomic mass is 28.4. The molecular weight excluding hydrogens is 480 g/mol. The van der Waals surface area contributed by atoms with Crippen molar-refractivity contribution < 1.29 is 18.4 Å². The second kappa shape index (κ2) is 13.2. The number of rotatable bonds is 13. The molecule has 200 valence electrons. The Balaban J connectivity index is 2.52. The summed E-state index contributed by atoms with van der Waals surface area (Å²) in [7, 11) is -3.17. The SMILES string of the molecule is CC[Si](CC)(CC)O[C@@H]([C@H](C)C(=O)OC)[C@@H](C)CO[Si](c1ccccc1)(c1ccccc1)C(C)(C)C. The van der Waals surface area contributed by atoms with Crippen molar-refractivity contribution in [2.24, 2.45) is 11.8 Å². The minimum absolute atomic E-state index is 0.0253.